The minimum atomic E-state index is -0.417. The molecule has 0 saturated heterocycles. The minimum Gasteiger partial charge on any atom is -0.504 e. The predicted octanol–water partition coefficient (Wildman–Crippen LogP) is 3.24. The number of fused-ring (bicyclic) bond motifs is 1. The maximum atomic E-state index is 11.5. The van der Waals surface area contributed by atoms with E-state index >= 15 is 0 Å². The Morgan fingerprint density at radius 1 is 1.24 bits per heavy atom. The zero-order chi connectivity index (χ0) is 12.7. The van der Waals surface area contributed by atoms with E-state index < -0.39 is 5.63 Å². The van der Waals surface area contributed by atoms with E-state index in [0.717, 1.165) is 22.1 Å². The number of hydrogen-bond acceptors (Lipinski definition) is 3. The van der Waals surface area contributed by atoms with Crippen molar-refractivity contribution >= 4 is 11.0 Å². The summed E-state index contributed by atoms with van der Waals surface area (Å²) in [6, 6.07) is 3.46. The van der Waals surface area contributed by atoms with Crippen LogP contribution in [0, 0.1) is 13.8 Å². The molecule has 0 amide bonds. The number of aryl methyl sites for hydroxylation is 1. The van der Waals surface area contributed by atoms with Gasteiger partial charge in [0.2, 0.25) is 0 Å². The summed E-state index contributed by atoms with van der Waals surface area (Å²) in [7, 11) is 0. The summed E-state index contributed by atoms with van der Waals surface area (Å²) in [6.07, 6.45) is 0. The molecule has 1 heterocycles. The zero-order valence-electron chi connectivity index (χ0n) is 10.5. The molecule has 90 valence electrons. The van der Waals surface area contributed by atoms with Crippen molar-refractivity contribution in [3.63, 3.8) is 0 Å². The predicted molar refractivity (Wildman–Crippen MR) is 67.7 cm³/mol. The summed E-state index contributed by atoms with van der Waals surface area (Å²) in [6.45, 7) is 7.77. The normalized spacial score (nSPS) is 11.4. The largest absolute Gasteiger partial charge is 0.504 e. The molecule has 3 nitrogen and oxygen atoms in total. The van der Waals surface area contributed by atoms with Crippen molar-refractivity contribution in [1.82, 2.24) is 0 Å². The van der Waals surface area contributed by atoms with Gasteiger partial charge in [0.05, 0.1) is 0 Å². The maximum absolute atomic E-state index is 11.5. The lowest BCUT2D eigenvalue weighted by Gasteiger charge is -2.12. The molecule has 0 saturated carbocycles. The van der Waals surface area contributed by atoms with Crippen LogP contribution in [-0.4, -0.2) is 5.11 Å². The van der Waals surface area contributed by atoms with Gasteiger partial charge < -0.3 is 9.52 Å². The molecule has 0 radical (unpaired) electrons. The van der Waals surface area contributed by atoms with Gasteiger partial charge in [-0.15, -0.1) is 0 Å². The van der Waals surface area contributed by atoms with E-state index in [1.807, 2.05) is 33.8 Å². The van der Waals surface area contributed by atoms with Crippen LogP contribution in [0.15, 0.2) is 21.3 Å². The van der Waals surface area contributed by atoms with Crippen LogP contribution in [0.2, 0.25) is 0 Å². The Kier molecular flexibility index (Phi) is 2.69. The van der Waals surface area contributed by atoms with Crippen LogP contribution in [0.4, 0.5) is 0 Å². The van der Waals surface area contributed by atoms with Crippen LogP contribution >= 0.6 is 0 Å². The van der Waals surface area contributed by atoms with Gasteiger partial charge in [0.1, 0.15) is 0 Å². The first-order valence-corrected chi connectivity index (χ1v) is 5.68. The highest BCUT2D eigenvalue weighted by molar-refractivity contribution is 5.87. The fraction of sp³-hybridized carbons (Fsp3) is 0.357. The molecule has 1 N–H and O–H groups in total. The van der Waals surface area contributed by atoms with E-state index in [1.54, 1.807) is 0 Å². The number of phenols is 1. The van der Waals surface area contributed by atoms with Gasteiger partial charge in [0.15, 0.2) is 11.3 Å². The summed E-state index contributed by atoms with van der Waals surface area (Å²) in [5.41, 5.74) is 2.53. The van der Waals surface area contributed by atoms with E-state index in [0.29, 0.717) is 5.58 Å². The zero-order valence-corrected chi connectivity index (χ0v) is 10.5. The smallest absolute Gasteiger partial charge is 0.336 e. The van der Waals surface area contributed by atoms with Gasteiger partial charge in [0.25, 0.3) is 0 Å². The van der Waals surface area contributed by atoms with Crippen molar-refractivity contribution < 1.29 is 9.52 Å². The molecule has 0 aliphatic rings. The second kappa shape index (κ2) is 3.91. The van der Waals surface area contributed by atoms with Crippen LogP contribution in [0.5, 0.6) is 5.75 Å². The van der Waals surface area contributed by atoms with E-state index in [4.69, 9.17) is 4.42 Å². The average molecular weight is 232 g/mol. The van der Waals surface area contributed by atoms with E-state index in [2.05, 4.69) is 0 Å². The molecule has 0 bridgehead atoms. The monoisotopic (exact) mass is 232 g/mol. The fourth-order valence-corrected chi connectivity index (χ4v) is 2.01. The molecule has 0 aliphatic carbocycles. The Morgan fingerprint density at radius 2 is 1.88 bits per heavy atom. The van der Waals surface area contributed by atoms with Gasteiger partial charge in [0, 0.05) is 11.5 Å². The quantitative estimate of drug-likeness (QED) is 0.768. The van der Waals surface area contributed by atoms with Gasteiger partial charge in [-0.05, 0) is 42.5 Å². The lowest BCUT2D eigenvalue weighted by atomic mass is 9.96. The lowest BCUT2D eigenvalue weighted by molar-refractivity contribution is 0.452. The first kappa shape index (κ1) is 11.7. The van der Waals surface area contributed by atoms with Crippen molar-refractivity contribution in [3.05, 3.63) is 39.2 Å². The third-order valence-electron chi connectivity index (χ3n) is 3.18. The Bertz CT molecular complexity index is 636. The van der Waals surface area contributed by atoms with Gasteiger partial charge in [-0.3, -0.25) is 0 Å². The molecule has 0 unspecified atom stereocenters. The van der Waals surface area contributed by atoms with Crippen LogP contribution < -0.4 is 5.63 Å². The molecular formula is C14H16O3. The highest BCUT2D eigenvalue weighted by Gasteiger charge is 2.14. The highest BCUT2D eigenvalue weighted by atomic mass is 16.4. The summed E-state index contributed by atoms with van der Waals surface area (Å²) in [5, 5.41) is 10.9. The standard InChI is InChI=1S/C14H16O3/c1-7(2)10-6-12(15)17-14-11(10)5-8(3)9(4)13(14)16/h5-7,16H,1-4H3. The summed E-state index contributed by atoms with van der Waals surface area (Å²) in [5.74, 6) is 0.280. The molecule has 0 spiro atoms. The van der Waals surface area contributed by atoms with Crippen molar-refractivity contribution in [2.24, 2.45) is 0 Å². The summed E-state index contributed by atoms with van der Waals surface area (Å²) >= 11 is 0. The molecule has 17 heavy (non-hydrogen) atoms. The number of benzene rings is 1. The number of rotatable bonds is 1. The summed E-state index contributed by atoms with van der Waals surface area (Å²) < 4.78 is 5.11. The molecule has 0 atom stereocenters. The number of phenolic OH excluding ortho intramolecular Hbond substituents is 1. The van der Waals surface area contributed by atoms with E-state index in [9.17, 15) is 9.90 Å². The molecule has 0 fully saturated rings. The van der Waals surface area contributed by atoms with Gasteiger partial charge in [-0.2, -0.15) is 0 Å². The first-order valence-electron chi connectivity index (χ1n) is 5.68. The number of aromatic hydroxyl groups is 1. The van der Waals surface area contributed by atoms with E-state index in [1.165, 1.54) is 6.07 Å². The van der Waals surface area contributed by atoms with Crippen molar-refractivity contribution in [2.75, 3.05) is 0 Å². The second-order valence-corrected chi connectivity index (χ2v) is 4.72. The Morgan fingerprint density at radius 3 is 2.47 bits per heavy atom. The fourth-order valence-electron chi connectivity index (χ4n) is 2.01. The Balaban J connectivity index is 3.00. The van der Waals surface area contributed by atoms with Crippen LogP contribution in [-0.2, 0) is 0 Å². The molecule has 2 rings (SSSR count). The van der Waals surface area contributed by atoms with Crippen LogP contribution in [0.3, 0.4) is 0 Å². The van der Waals surface area contributed by atoms with Crippen LogP contribution in [0.25, 0.3) is 11.0 Å². The van der Waals surface area contributed by atoms with Gasteiger partial charge in [-0.1, -0.05) is 13.8 Å². The third-order valence-corrected chi connectivity index (χ3v) is 3.18. The SMILES string of the molecule is Cc1cc2c(C(C)C)cc(=O)oc2c(O)c1C. The molecule has 0 aliphatic heterocycles. The summed E-state index contributed by atoms with van der Waals surface area (Å²) in [4.78, 5) is 11.5. The highest BCUT2D eigenvalue weighted by Crippen LogP contribution is 2.33. The third kappa shape index (κ3) is 1.82. The van der Waals surface area contributed by atoms with Crippen molar-refractivity contribution in [1.29, 1.82) is 0 Å². The Hall–Kier alpha value is -1.77. The molecule has 1 aromatic carbocycles. The first-order chi connectivity index (χ1) is 7.91. The number of hydrogen-bond donors (Lipinski definition) is 1. The van der Waals surface area contributed by atoms with Gasteiger partial charge in [-0.25, -0.2) is 4.79 Å². The maximum Gasteiger partial charge on any atom is 0.336 e. The minimum absolute atomic E-state index is 0.0691. The van der Waals surface area contributed by atoms with E-state index in [-0.39, 0.29) is 11.7 Å². The topological polar surface area (TPSA) is 50.4 Å². The van der Waals surface area contributed by atoms with Crippen molar-refractivity contribution in [3.8, 4) is 5.75 Å². The molecule has 1 aromatic heterocycles. The van der Waals surface area contributed by atoms with Crippen LogP contribution in [0.1, 0.15) is 36.5 Å². The second-order valence-electron chi connectivity index (χ2n) is 4.72. The molecular weight excluding hydrogens is 216 g/mol. The molecule has 3 heteroatoms. The van der Waals surface area contributed by atoms with Crippen molar-refractivity contribution in [2.45, 2.75) is 33.6 Å². The Labute approximate surface area is 99.7 Å². The lowest BCUT2D eigenvalue weighted by Crippen LogP contribution is -2.03. The molecule has 2 aromatic rings. The van der Waals surface area contributed by atoms with Gasteiger partial charge >= 0.3 is 5.63 Å². The average Bonchev–Trinajstić information content (AvgIpc) is 2.26.